The van der Waals surface area contributed by atoms with E-state index in [1.807, 2.05) is 32.3 Å². The summed E-state index contributed by atoms with van der Waals surface area (Å²) < 4.78 is 12.8. The van der Waals surface area contributed by atoms with Crippen molar-refractivity contribution in [3.8, 4) is 22.9 Å². The third kappa shape index (κ3) is 3.35. The molecule has 0 bridgehead atoms. The third-order valence-corrected chi connectivity index (χ3v) is 4.48. The summed E-state index contributed by atoms with van der Waals surface area (Å²) in [4.78, 5) is 13.2. The molecule has 1 saturated carbocycles. The van der Waals surface area contributed by atoms with Gasteiger partial charge in [0.25, 0.3) is 0 Å². The fourth-order valence-corrected chi connectivity index (χ4v) is 2.92. The maximum atomic E-state index is 6.02. The van der Waals surface area contributed by atoms with Crippen molar-refractivity contribution < 1.29 is 9.47 Å². The molecule has 8 heteroatoms. The fourth-order valence-electron chi connectivity index (χ4n) is 2.92. The van der Waals surface area contributed by atoms with Crippen LogP contribution in [0.1, 0.15) is 23.9 Å². The molecule has 0 aromatic carbocycles. The zero-order valence-corrected chi connectivity index (χ0v) is 15.0. The largest absolute Gasteiger partial charge is 0.495 e. The molecule has 0 amide bonds. The van der Waals surface area contributed by atoms with Gasteiger partial charge in [-0.3, -0.25) is 9.67 Å². The first kappa shape index (κ1) is 16.4. The zero-order chi connectivity index (χ0) is 18.1. The van der Waals surface area contributed by atoms with Crippen LogP contribution >= 0.6 is 0 Å². The van der Waals surface area contributed by atoms with E-state index in [9.17, 15) is 0 Å². The summed E-state index contributed by atoms with van der Waals surface area (Å²) >= 11 is 0. The van der Waals surface area contributed by atoms with E-state index in [-0.39, 0.29) is 0 Å². The van der Waals surface area contributed by atoms with Crippen LogP contribution in [0.3, 0.4) is 0 Å². The van der Waals surface area contributed by atoms with Gasteiger partial charge in [0.2, 0.25) is 5.88 Å². The summed E-state index contributed by atoms with van der Waals surface area (Å²) in [5, 5.41) is 8.10. The molecule has 0 N–H and O–H groups in total. The molecule has 1 aliphatic rings. The van der Waals surface area contributed by atoms with Crippen molar-refractivity contribution in [3.05, 3.63) is 42.2 Å². The summed E-state index contributed by atoms with van der Waals surface area (Å²) in [5.74, 6) is 2.83. The molecular formula is C18H20N6O2. The molecule has 0 aliphatic heterocycles. The highest BCUT2D eigenvalue weighted by Crippen LogP contribution is 2.47. The normalized spacial score (nSPS) is 18.6. The van der Waals surface area contributed by atoms with Gasteiger partial charge in [-0.05, 0) is 25.5 Å². The topological polar surface area (TPSA) is 87.8 Å². The van der Waals surface area contributed by atoms with Crippen molar-refractivity contribution in [3.63, 3.8) is 0 Å². The van der Waals surface area contributed by atoms with E-state index < -0.39 is 0 Å². The first-order valence-electron chi connectivity index (χ1n) is 8.47. The van der Waals surface area contributed by atoms with Crippen molar-refractivity contribution in [2.75, 3.05) is 13.7 Å². The number of methoxy groups -OCH3 is 1. The summed E-state index contributed by atoms with van der Waals surface area (Å²) in [7, 11) is 3.46. The molecule has 26 heavy (non-hydrogen) atoms. The second kappa shape index (κ2) is 6.70. The van der Waals surface area contributed by atoms with Crippen LogP contribution in [-0.4, -0.2) is 43.7 Å². The van der Waals surface area contributed by atoms with Crippen molar-refractivity contribution in [2.24, 2.45) is 13.0 Å². The molecule has 4 rings (SSSR count). The van der Waals surface area contributed by atoms with Crippen molar-refractivity contribution >= 4 is 0 Å². The monoisotopic (exact) mass is 352 g/mol. The molecule has 1 aliphatic carbocycles. The number of pyridine rings is 1. The molecule has 2 atom stereocenters. The molecule has 3 heterocycles. The minimum atomic E-state index is 0.420. The lowest BCUT2D eigenvalue weighted by molar-refractivity contribution is 0.285. The molecule has 1 fully saturated rings. The Morgan fingerprint density at radius 3 is 2.81 bits per heavy atom. The number of nitrogens with zero attached hydrogens (tertiary/aromatic N) is 6. The lowest BCUT2D eigenvalue weighted by atomic mass is 10.2. The van der Waals surface area contributed by atoms with Crippen LogP contribution in [0.25, 0.3) is 11.3 Å². The number of hydrogen-bond donors (Lipinski definition) is 0. The van der Waals surface area contributed by atoms with E-state index in [4.69, 9.17) is 9.47 Å². The Morgan fingerprint density at radius 1 is 1.23 bits per heavy atom. The number of aromatic nitrogens is 6. The van der Waals surface area contributed by atoms with Crippen LogP contribution in [0.15, 0.2) is 30.7 Å². The van der Waals surface area contributed by atoms with Crippen LogP contribution in [0.4, 0.5) is 0 Å². The summed E-state index contributed by atoms with van der Waals surface area (Å²) in [5.41, 5.74) is 2.53. The quantitative estimate of drug-likeness (QED) is 0.672. The Morgan fingerprint density at radius 2 is 2.12 bits per heavy atom. The van der Waals surface area contributed by atoms with Gasteiger partial charge < -0.3 is 9.47 Å². The van der Waals surface area contributed by atoms with Crippen LogP contribution in [0, 0.1) is 12.8 Å². The Balaban J connectivity index is 1.44. The van der Waals surface area contributed by atoms with Gasteiger partial charge >= 0.3 is 0 Å². The zero-order valence-electron chi connectivity index (χ0n) is 15.0. The van der Waals surface area contributed by atoms with Crippen LogP contribution in [-0.2, 0) is 7.05 Å². The first-order valence-corrected chi connectivity index (χ1v) is 8.47. The Bertz CT molecular complexity index is 908. The average molecular weight is 352 g/mol. The van der Waals surface area contributed by atoms with Gasteiger partial charge in [0.15, 0.2) is 0 Å². The van der Waals surface area contributed by atoms with Crippen molar-refractivity contribution in [1.29, 1.82) is 0 Å². The molecule has 0 saturated heterocycles. The molecule has 0 spiro atoms. The van der Waals surface area contributed by atoms with Crippen molar-refractivity contribution in [1.82, 2.24) is 29.9 Å². The Labute approximate surface area is 151 Å². The smallest absolute Gasteiger partial charge is 0.226 e. The number of rotatable bonds is 6. The SMILES string of the molecule is COc1ccc([C@H]2C[C@@H]2COc2nc(C)ncc2-c2cn(C)nn2)nc1. The van der Waals surface area contributed by atoms with Crippen LogP contribution < -0.4 is 9.47 Å². The second-order valence-corrected chi connectivity index (χ2v) is 6.45. The number of ether oxygens (including phenoxy) is 2. The Hall–Kier alpha value is -3.03. The second-order valence-electron chi connectivity index (χ2n) is 6.45. The molecule has 8 nitrogen and oxygen atoms in total. The summed E-state index contributed by atoms with van der Waals surface area (Å²) in [6.07, 6.45) is 6.37. The van der Waals surface area contributed by atoms with E-state index >= 15 is 0 Å². The minimum absolute atomic E-state index is 0.420. The van der Waals surface area contributed by atoms with Gasteiger partial charge in [0, 0.05) is 30.8 Å². The van der Waals surface area contributed by atoms with E-state index in [1.54, 1.807) is 24.2 Å². The predicted molar refractivity (Wildman–Crippen MR) is 93.9 cm³/mol. The van der Waals surface area contributed by atoms with E-state index in [0.29, 0.717) is 35.8 Å². The number of aryl methyl sites for hydroxylation is 2. The standard InChI is InChI=1S/C18H20N6O2/c1-11-19-8-15(17-9-24(2)23-22-17)18(21-11)26-10-12-6-14(12)16-5-4-13(25-3)7-20-16/h4-5,7-9,12,14H,6,10H2,1-3H3/t12-,14+/m1/s1. The van der Waals surface area contributed by atoms with Gasteiger partial charge in [0.1, 0.15) is 17.3 Å². The maximum Gasteiger partial charge on any atom is 0.226 e. The lowest BCUT2D eigenvalue weighted by Crippen LogP contribution is -2.05. The highest BCUT2D eigenvalue weighted by Gasteiger charge is 2.40. The molecule has 0 unspecified atom stereocenters. The van der Waals surface area contributed by atoms with E-state index in [1.165, 1.54) is 0 Å². The minimum Gasteiger partial charge on any atom is -0.495 e. The van der Waals surface area contributed by atoms with Gasteiger partial charge in [-0.15, -0.1) is 5.10 Å². The van der Waals surface area contributed by atoms with Gasteiger partial charge in [0.05, 0.1) is 31.7 Å². The average Bonchev–Trinajstić information content (AvgIpc) is 3.31. The van der Waals surface area contributed by atoms with Gasteiger partial charge in [-0.1, -0.05) is 5.21 Å². The molecule has 3 aromatic heterocycles. The van der Waals surface area contributed by atoms with Gasteiger partial charge in [-0.2, -0.15) is 4.98 Å². The third-order valence-electron chi connectivity index (χ3n) is 4.48. The maximum absolute atomic E-state index is 6.02. The Kier molecular flexibility index (Phi) is 4.24. The molecule has 3 aromatic rings. The molecule has 134 valence electrons. The highest BCUT2D eigenvalue weighted by molar-refractivity contribution is 5.62. The van der Waals surface area contributed by atoms with Crippen LogP contribution in [0.5, 0.6) is 11.6 Å². The molecular weight excluding hydrogens is 332 g/mol. The predicted octanol–water partition coefficient (Wildman–Crippen LogP) is 2.17. The van der Waals surface area contributed by atoms with Crippen molar-refractivity contribution in [2.45, 2.75) is 19.3 Å². The fraction of sp³-hybridized carbons (Fsp3) is 0.389. The lowest BCUT2D eigenvalue weighted by Gasteiger charge is -2.09. The number of hydrogen-bond acceptors (Lipinski definition) is 7. The summed E-state index contributed by atoms with van der Waals surface area (Å²) in [6, 6.07) is 3.96. The summed E-state index contributed by atoms with van der Waals surface area (Å²) in [6.45, 7) is 2.43. The van der Waals surface area contributed by atoms with Gasteiger partial charge in [-0.25, -0.2) is 4.98 Å². The first-order chi connectivity index (χ1) is 12.6. The molecule has 0 radical (unpaired) electrons. The van der Waals surface area contributed by atoms with E-state index in [0.717, 1.165) is 23.4 Å². The van der Waals surface area contributed by atoms with Crippen LogP contribution in [0.2, 0.25) is 0 Å². The van der Waals surface area contributed by atoms with E-state index in [2.05, 4.69) is 25.3 Å². The highest BCUT2D eigenvalue weighted by atomic mass is 16.5.